The predicted octanol–water partition coefficient (Wildman–Crippen LogP) is 1.85. The molecular weight excluding hydrogens is 219 g/mol. The molecule has 1 rings (SSSR count). The van der Waals surface area contributed by atoms with Crippen LogP contribution in [0.3, 0.4) is 0 Å². The molecule has 0 heterocycles. The third-order valence-electron chi connectivity index (χ3n) is 2.68. The van der Waals surface area contributed by atoms with E-state index in [9.17, 15) is 9.18 Å². The van der Waals surface area contributed by atoms with E-state index in [2.05, 4.69) is 5.32 Å². The van der Waals surface area contributed by atoms with Gasteiger partial charge in [-0.3, -0.25) is 4.79 Å². The fourth-order valence-corrected chi connectivity index (χ4v) is 1.62. The zero-order valence-electron chi connectivity index (χ0n) is 10.5. The van der Waals surface area contributed by atoms with E-state index in [0.29, 0.717) is 12.1 Å². The molecule has 0 fully saturated rings. The number of carbonyl (C=O) groups excluding carboxylic acids is 1. The number of nitrogens with one attached hydrogen (secondary N) is 1. The molecule has 4 heteroatoms. The van der Waals surface area contributed by atoms with Crippen LogP contribution in [-0.2, 0) is 0 Å². The summed E-state index contributed by atoms with van der Waals surface area (Å²) in [7, 11) is 0. The Labute approximate surface area is 101 Å². The Kier molecular flexibility index (Phi) is 4.63. The zero-order chi connectivity index (χ0) is 13.0. The second kappa shape index (κ2) is 5.77. The fourth-order valence-electron chi connectivity index (χ4n) is 1.62. The average molecular weight is 238 g/mol. The van der Waals surface area contributed by atoms with Gasteiger partial charge in [-0.1, -0.05) is 13.8 Å². The van der Waals surface area contributed by atoms with Crippen molar-refractivity contribution in [2.45, 2.75) is 26.8 Å². The summed E-state index contributed by atoms with van der Waals surface area (Å²) < 4.78 is 13.2. The number of benzene rings is 1. The minimum absolute atomic E-state index is 0.0916. The lowest BCUT2D eigenvalue weighted by Crippen LogP contribution is -2.43. The van der Waals surface area contributed by atoms with Crippen molar-refractivity contribution in [3.63, 3.8) is 0 Å². The van der Waals surface area contributed by atoms with Gasteiger partial charge in [0.15, 0.2) is 0 Å². The first-order valence-corrected chi connectivity index (χ1v) is 5.72. The van der Waals surface area contributed by atoms with E-state index >= 15 is 0 Å². The largest absolute Gasteiger partial charge is 0.348 e. The molecule has 1 atom stereocenters. The lowest BCUT2D eigenvalue weighted by Gasteiger charge is -2.20. The van der Waals surface area contributed by atoms with Crippen LogP contribution in [0.1, 0.15) is 29.8 Å². The molecule has 1 unspecified atom stereocenters. The first kappa shape index (κ1) is 13.6. The highest BCUT2D eigenvalue weighted by Crippen LogP contribution is 2.09. The minimum Gasteiger partial charge on any atom is -0.348 e. The monoisotopic (exact) mass is 238 g/mol. The molecule has 3 nitrogen and oxygen atoms in total. The number of hydrogen-bond donors (Lipinski definition) is 2. The van der Waals surface area contributed by atoms with Gasteiger partial charge in [-0.2, -0.15) is 0 Å². The molecule has 1 aromatic carbocycles. The number of carbonyl (C=O) groups is 1. The van der Waals surface area contributed by atoms with E-state index in [0.717, 1.165) is 5.56 Å². The van der Waals surface area contributed by atoms with Crippen molar-refractivity contribution in [3.8, 4) is 0 Å². The fraction of sp³-hybridized carbons (Fsp3) is 0.462. The lowest BCUT2D eigenvalue weighted by molar-refractivity contribution is 0.0927. The quantitative estimate of drug-likeness (QED) is 0.841. The van der Waals surface area contributed by atoms with Crippen LogP contribution in [0.5, 0.6) is 0 Å². The van der Waals surface area contributed by atoms with Crippen molar-refractivity contribution >= 4 is 5.91 Å². The van der Waals surface area contributed by atoms with Gasteiger partial charge in [0.05, 0.1) is 0 Å². The molecule has 0 spiro atoms. The highest BCUT2D eigenvalue weighted by Gasteiger charge is 2.16. The number of amides is 1. The van der Waals surface area contributed by atoms with Crippen LogP contribution in [-0.4, -0.2) is 18.5 Å². The summed E-state index contributed by atoms with van der Waals surface area (Å²) in [6.45, 7) is 6.09. The molecule has 0 bridgehead atoms. The SMILES string of the molecule is Cc1cc(F)cc(C(=O)NC(CN)C(C)C)c1. The molecule has 0 aliphatic rings. The van der Waals surface area contributed by atoms with Gasteiger partial charge in [-0.15, -0.1) is 0 Å². The Balaban J connectivity index is 2.82. The van der Waals surface area contributed by atoms with E-state index in [1.54, 1.807) is 13.0 Å². The van der Waals surface area contributed by atoms with Gasteiger partial charge in [0.1, 0.15) is 5.82 Å². The predicted molar refractivity (Wildman–Crippen MR) is 66.3 cm³/mol. The van der Waals surface area contributed by atoms with Gasteiger partial charge >= 0.3 is 0 Å². The molecule has 17 heavy (non-hydrogen) atoms. The van der Waals surface area contributed by atoms with E-state index in [1.807, 2.05) is 13.8 Å². The standard InChI is InChI=1S/C13H19FN2O/c1-8(2)12(7-15)16-13(17)10-4-9(3)5-11(14)6-10/h4-6,8,12H,7,15H2,1-3H3,(H,16,17). The first-order valence-electron chi connectivity index (χ1n) is 5.72. The second-order valence-corrected chi connectivity index (χ2v) is 4.58. The molecule has 0 saturated heterocycles. The van der Waals surface area contributed by atoms with E-state index in [-0.39, 0.29) is 17.9 Å². The van der Waals surface area contributed by atoms with E-state index < -0.39 is 5.82 Å². The molecule has 0 saturated carbocycles. The maximum absolute atomic E-state index is 13.2. The normalized spacial score (nSPS) is 12.6. The molecule has 1 amide bonds. The van der Waals surface area contributed by atoms with Crippen molar-refractivity contribution in [2.24, 2.45) is 11.7 Å². The van der Waals surface area contributed by atoms with Gasteiger partial charge in [-0.25, -0.2) is 4.39 Å². The number of nitrogens with two attached hydrogens (primary N) is 1. The molecule has 0 radical (unpaired) electrons. The van der Waals surface area contributed by atoms with Crippen molar-refractivity contribution in [1.29, 1.82) is 0 Å². The molecule has 94 valence electrons. The summed E-state index contributed by atoms with van der Waals surface area (Å²) in [6.07, 6.45) is 0. The Morgan fingerprint density at radius 3 is 2.53 bits per heavy atom. The Bertz CT molecular complexity index is 384. The first-order chi connectivity index (χ1) is 7.93. The van der Waals surface area contributed by atoms with Gasteiger partial charge < -0.3 is 11.1 Å². The van der Waals surface area contributed by atoms with Gasteiger partial charge in [0, 0.05) is 18.2 Å². The molecule has 1 aromatic rings. The van der Waals surface area contributed by atoms with Gasteiger partial charge in [0.25, 0.3) is 5.91 Å². The summed E-state index contributed by atoms with van der Waals surface area (Å²) in [6, 6.07) is 4.19. The van der Waals surface area contributed by atoms with Crippen LogP contribution in [0, 0.1) is 18.7 Å². The number of halogens is 1. The number of aryl methyl sites for hydroxylation is 1. The number of hydrogen-bond acceptors (Lipinski definition) is 2. The zero-order valence-corrected chi connectivity index (χ0v) is 10.5. The molecule has 3 N–H and O–H groups in total. The summed E-state index contributed by atoms with van der Waals surface area (Å²) in [4.78, 5) is 11.9. The maximum Gasteiger partial charge on any atom is 0.251 e. The van der Waals surface area contributed by atoms with E-state index in [1.165, 1.54) is 12.1 Å². The Morgan fingerprint density at radius 2 is 2.06 bits per heavy atom. The highest BCUT2D eigenvalue weighted by atomic mass is 19.1. The average Bonchev–Trinajstić information content (AvgIpc) is 2.23. The third kappa shape index (κ3) is 3.82. The van der Waals surface area contributed by atoms with Crippen molar-refractivity contribution in [1.82, 2.24) is 5.32 Å². The number of rotatable bonds is 4. The highest BCUT2D eigenvalue weighted by molar-refractivity contribution is 5.94. The van der Waals surface area contributed by atoms with Crippen molar-refractivity contribution < 1.29 is 9.18 Å². The van der Waals surface area contributed by atoms with Crippen LogP contribution >= 0.6 is 0 Å². The summed E-state index contributed by atoms with van der Waals surface area (Å²) in [5, 5.41) is 2.81. The smallest absolute Gasteiger partial charge is 0.251 e. The summed E-state index contributed by atoms with van der Waals surface area (Å²) >= 11 is 0. The molecular formula is C13H19FN2O. The van der Waals surface area contributed by atoms with Crippen LogP contribution in [0.2, 0.25) is 0 Å². The summed E-state index contributed by atoms with van der Waals surface area (Å²) in [5.41, 5.74) is 6.63. The summed E-state index contributed by atoms with van der Waals surface area (Å²) in [5.74, 6) is -0.431. The lowest BCUT2D eigenvalue weighted by atomic mass is 10.0. The van der Waals surface area contributed by atoms with Crippen molar-refractivity contribution in [3.05, 3.63) is 35.1 Å². The molecule has 0 aliphatic carbocycles. The second-order valence-electron chi connectivity index (χ2n) is 4.58. The van der Waals surface area contributed by atoms with Crippen molar-refractivity contribution in [2.75, 3.05) is 6.54 Å². The van der Waals surface area contributed by atoms with Gasteiger partial charge in [0.2, 0.25) is 0 Å². The molecule has 0 aliphatic heterocycles. The molecule has 0 aromatic heterocycles. The minimum atomic E-state index is -0.399. The Morgan fingerprint density at radius 1 is 1.41 bits per heavy atom. The van der Waals surface area contributed by atoms with Crippen LogP contribution in [0.15, 0.2) is 18.2 Å². The van der Waals surface area contributed by atoms with Crippen LogP contribution in [0.4, 0.5) is 4.39 Å². The third-order valence-corrected chi connectivity index (χ3v) is 2.68. The Hall–Kier alpha value is -1.42. The van der Waals surface area contributed by atoms with Crippen LogP contribution < -0.4 is 11.1 Å². The maximum atomic E-state index is 13.2. The topological polar surface area (TPSA) is 55.1 Å². The van der Waals surface area contributed by atoms with Crippen LogP contribution in [0.25, 0.3) is 0 Å². The van der Waals surface area contributed by atoms with E-state index in [4.69, 9.17) is 5.73 Å². The van der Waals surface area contributed by atoms with Gasteiger partial charge in [-0.05, 0) is 36.6 Å².